The van der Waals surface area contributed by atoms with Crippen LogP contribution in [0.2, 0.25) is 0 Å². The van der Waals surface area contributed by atoms with Gasteiger partial charge < -0.3 is 4.74 Å². The quantitative estimate of drug-likeness (QED) is 0.489. The third-order valence-electron chi connectivity index (χ3n) is 1.38. The van der Waals surface area contributed by atoms with Gasteiger partial charge in [0, 0.05) is 11.8 Å². The summed E-state index contributed by atoms with van der Waals surface area (Å²) in [6, 6.07) is 0. The molecule has 0 bridgehead atoms. The van der Waals surface area contributed by atoms with E-state index in [4.69, 9.17) is 4.74 Å². The topological polar surface area (TPSA) is 23.3 Å². The van der Waals surface area contributed by atoms with E-state index < -0.39 is 0 Å². The molecule has 0 aromatic carbocycles. The Morgan fingerprint density at radius 3 is 3.30 bits per heavy atom. The summed E-state index contributed by atoms with van der Waals surface area (Å²) < 4.78 is 4.93. The maximum absolute atomic E-state index is 4.93. The highest BCUT2D eigenvalue weighted by molar-refractivity contribution is 5.44. The minimum Gasteiger partial charge on any atom is -0.470 e. The third kappa shape index (κ3) is 0.739. The minimum absolute atomic E-state index is 0.894. The van der Waals surface area contributed by atoms with Crippen LogP contribution in [0.4, 0.5) is 0 Å². The molecule has 0 aromatic heterocycles. The molecule has 2 aliphatic heterocycles. The highest BCUT2D eigenvalue weighted by Crippen LogP contribution is 2.17. The van der Waals surface area contributed by atoms with Gasteiger partial charge in [-0.1, -0.05) is 6.08 Å². The Hall–Kier alpha value is -1.44. The van der Waals surface area contributed by atoms with Gasteiger partial charge >= 0.3 is 0 Å². The van der Waals surface area contributed by atoms with Crippen LogP contribution < -0.4 is 5.32 Å². The highest BCUT2D eigenvalue weighted by Gasteiger charge is 2.07. The van der Waals surface area contributed by atoms with Crippen molar-refractivity contribution < 1.29 is 4.74 Å². The summed E-state index contributed by atoms with van der Waals surface area (Å²) in [5.74, 6) is 0. The first-order valence-electron chi connectivity index (χ1n) is 3.07. The molecule has 0 saturated heterocycles. The number of hydrogen-bond donors (Lipinski definition) is 0. The van der Waals surface area contributed by atoms with Crippen LogP contribution in [0.15, 0.2) is 48.2 Å². The van der Waals surface area contributed by atoms with Crippen molar-refractivity contribution in [1.29, 1.82) is 0 Å². The molecule has 2 rings (SSSR count). The Balaban J connectivity index is 2.39. The molecule has 0 aromatic rings. The molecule has 0 aliphatic carbocycles. The Kier molecular flexibility index (Phi) is 1.10. The summed E-state index contributed by atoms with van der Waals surface area (Å²) in [4.78, 5) is 0. The lowest BCUT2D eigenvalue weighted by Crippen LogP contribution is -2.04. The van der Waals surface area contributed by atoms with Crippen molar-refractivity contribution in [3.8, 4) is 0 Å². The molecule has 0 N–H and O–H groups in total. The molecule has 2 aliphatic rings. The molecular formula is C8H6NO. The van der Waals surface area contributed by atoms with E-state index in [1.165, 1.54) is 0 Å². The van der Waals surface area contributed by atoms with Crippen LogP contribution in [-0.2, 0) is 4.74 Å². The lowest BCUT2D eigenvalue weighted by atomic mass is 10.1. The van der Waals surface area contributed by atoms with E-state index in [9.17, 15) is 0 Å². The molecule has 0 saturated carbocycles. The van der Waals surface area contributed by atoms with Crippen LogP contribution in [-0.4, -0.2) is 0 Å². The molecule has 0 spiro atoms. The molecule has 10 heavy (non-hydrogen) atoms. The van der Waals surface area contributed by atoms with Crippen LogP contribution in [0.1, 0.15) is 0 Å². The smallest absolute Gasteiger partial charge is 0.116 e. The number of hydrogen-bond acceptors (Lipinski definition) is 1. The lowest BCUT2D eigenvalue weighted by molar-refractivity contribution is 0.390. The molecule has 0 fully saturated rings. The summed E-state index contributed by atoms with van der Waals surface area (Å²) in [5.41, 5.74) is 2.00. The molecule has 0 atom stereocenters. The Labute approximate surface area is 59.2 Å². The van der Waals surface area contributed by atoms with Gasteiger partial charge in [-0.25, -0.2) is 0 Å². The van der Waals surface area contributed by atoms with Gasteiger partial charge in [-0.2, -0.15) is 0 Å². The first kappa shape index (κ1) is 5.35. The van der Waals surface area contributed by atoms with Gasteiger partial charge in [-0.05, 0) is 12.2 Å². The largest absolute Gasteiger partial charge is 0.470 e. The molecular weight excluding hydrogens is 126 g/mol. The monoisotopic (exact) mass is 132 g/mol. The maximum atomic E-state index is 4.93. The van der Waals surface area contributed by atoms with Gasteiger partial charge in [-0.15, -0.1) is 0 Å². The van der Waals surface area contributed by atoms with E-state index in [1.807, 2.05) is 18.2 Å². The number of nitrogens with zero attached hydrogens (tertiary/aromatic N) is 1. The molecule has 0 unspecified atom stereocenters. The first-order valence-corrected chi connectivity index (χ1v) is 3.07. The van der Waals surface area contributed by atoms with Gasteiger partial charge in [0.25, 0.3) is 0 Å². The van der Waals surface area contributed by atoms with Crippen molar-refractivity contribution in [2.75, 3.05) is 0 Å². The fraction of sp³-hybridized carbons (Fsp3) is 0. The van der Waals surface area contributed by atoms with Crippen molar-refractivity contribution in [3.63, 3.8) is 0 Å². The van der Waals surface area contributed by atoms with Crippen molar-refractivity contribution >= 4 is 0 Å². The van der Waals surface area contributed by atoms with Crippen LogP contribution in [0.5, 0.6) is 0 Å². The Bertz CT molecular complexity index is 258. The second-order valence-electron chi connectivity index (χ2n) is 2.03. The highest BCUT2D eigenvalue weighted by atomic mass is 16.5. The standard InChI is InChI=1S/C8H6NO/c1-2-7-3-5-10-6-8(7)9-4-1/h1-6H. The molecule has 2 heterocycles. The van der Waals surface area contributed by atoms with Crippen LogP contribution in [0.3, 0.4) is 0 Å². The number of ether oxygens (including phenoxy) is 1. The van der Waals surface area contributed by atoms with E-state index in [0.717, 1.165) is 11.3 Å². The summed E-state index contributed by atoms with van der Waals surface area (Å²) in [6.07, 6.45) is 10.8. The Morgan fingerprint density at radius 1 is 1.40 bits per heavy atom. The van der Waals surface area contributed by atoms with E-state index in [1.54, 1.807) is 18.7 Å². The number of allylic oxidation sites excluding steroid dienone is 3. The van der Waals surface area contributed by atoms with E-state index in [-0.39, 0.29) is 0 Å². The molecule has 0 amide bonds. The zero-order valence-electron chi connectivity index (χ0n) is 5.32. The van der Waals surface area contributed by atoms with Crippen molar-refractivity contribution in [2.24, 2.45) is 0 Å². The molecule has 1 radical (unpaired) electrons. The molecule has 2 nitrogen and oxygen atoms in total. The molecule has 2 heteroatoms. The number of rotatable bonds is 0. The minimum atomic E-state index is 0.894. The zero-order chi connectivity index (χ0) is 6.81. The fourth-order valence-corrected chi connectivity index (χ4v) is 0.886. The van der Waals surface area contributed by atoms with Gasteiger partial charge in [-0.3, -0.25) is 5.32 Å². The predicted octanol–water partition coefficient (Wildman–Crippen LogP) is 1.43. The summed E-state index contributed by atoms with van der Waals surface area (Å²) in [7, 11) is 0. The number of fused-ring (bicyclic) bond motifs is 1. The summed E-state index contributed by atoms with van der Waals surface area (Å²) in [5, 5.41) is 4.09. The van der Waals surface area contributed by atoms with E-state index >= 15 is 0 Å². The second kappa shape index (κ2) is 2.06. The fourth-order valence-electron chi connectivity index (χ4n) is 0.886. The van der Waals surface area contributed by atoms with Crippen LogP contribution in [0, 0.1) is 0 Å². The normalized spacial score (nSPS) is 20.0. The lowest BCUT2D eigenvalue weighted by Gasteiger charge is -2.11. The Morgan fingerprint density at radius 2 is 2.40 bits per heavy atom. The van der Waals surface area contributed by atoms with E-state index in [0.29, 0.717) is 0 Å². The van der Waals surface area contributed by atoms with Gasteiger partial charge in [0.2, 0.25) is 0 Å². The first-order chi connectivity index (χ1) is 4.97. The molecule has 49 valence electrons. The van der Waals surface area contributed by atoms with Crippen LogP contribution in [0.25, 0.3) is 0 Å². The SMILES string of the molecule is C1=C[N]C2=COC=CC2=C1. The second-order valence-corrected chi connectivity index (χ2v) is 2.03. The van der Waals surface area contributed by atoms with Gasteiger partial charge in [0.1, 0.15) is 12.0 Å². The third-order valence-corrected chi connectivity index (χ3v) is 1.38. The van der Waals surface area contributed by atoms with Crippen LogP contribution >= 0.6 is 0 Å². The maximum Gasteiger partial charge on any atom is 0.116 e. The van der Waals surface area contributed by atoms with Crippen molar-refractivity contribution in [3.05, 3.63) is 48.2 Å². The zero-order valence-corrected chi connectivity index (χ0v) is 5.32. The summed E-state index contributed by atoms with van der Waals surface area (Å²) >= 11 is 0. The van der Waals surface area contributed by atoms with Crippen molar-refractivity contribution in [1.82, 2.24) is 5.32 Å². The average molecular weight is 132 g/mol. The predicted molar refractivity (Wildman–Crippen MR) is 37.7 cm³/mol. The van der Waals surface area contributed by atoms with Gasteiger partial charge in [0.05, 0.1) is 6.26 Å². The summed E-state index contributed by atoms with van der Waals surface area (Å²) in [6.45, 7) is 0. The van der Waals surface area contributed by atoms with E-state index in [2.05, 4.69) is 5.32 Å². The van der Waals surface area contributed by atoms with Gasteiger partial charge in [0.15, 0.2) is 0 Å². The van der Waals surface area contributed by atoms with Crippen molar-refractivity contribution in [2.45, 2.75) is 0 Å². The average Bonchev–Trinajstić information content (AvgIpc) is 2.05.